The van der Waals surface area contributed by atoms with Gasteiger partial charge in [0.05, 0.1) is 17.7 Å². The zero-order valence-corrected chi connectivity index (χ0v) is 11.4. The van der Waals surface area contributed by atoms with Crippen LogP contribution in [-0.2, 0) is 16.9 Å². The first kappa shape index (κ1) is 12.9. The number of hydrogen-bond donors (Lipinski definition) is 1. The van der Waals surface area contributed by atoms with Crippen molar-refractivity contribution in [2.75, 3.05) is 23.8 Å². The molecular formula is C10H17N3O2S2. The molecule has 5 nitrogen and oxygen atoms in total. The SMILES string of the molecule is Cn1cc(SCCNC2CCS(=O)(=O)C2)cn1. The predicted octanol–water partition coefficient (Wildman–Crippen LogP) is 0.289. The van der Waals surface area contributed by atoms with Crippen LogP contribution in [0.15, 0.2) is 17.3 Å². The van der Waals surface area contributed by atoms with Gasteiger partial charge in [0.25, 0.3) is 0 Å². The lowest BCUT2D eigenvalue weighted by Gasteiger charge is -2.09. The Morgan fingerprint density at radius 2 is 2.47 bits per heavy atom. The van der Waals surface area contributed by atoms with Gasteiger partial charge in [0.2, 0.25) is 0 Å². The second kappa shape index (κ2) is 5.41. The molecule has 0 bridgehead atoms. The molecule has 1 atom stereocenters. The minimum Gasteiger partial charge on any atom is -0.312 e. The highest BCUT2D eigenvalue weighted by Gasteiger charge is 2.26. The lowest BCUT2D eigenvalue weighted by Crippen LogP contribution is -2.31. The lowest BCUT2D eigenvalue weighted by molar-refractivity contribution is 0.575. The molecule has 0 aromatic carbocycles. The Morgan fingerprint density at radius 3 is 3.06 bits per heavy atom. The summed E-state index contributed by atoms with van der Waals surface area (Å²) in [7, 11) is -0.870. The molecule has 2 rings (SSSR count). The van der Waals surface area contributed by atoms with Crippen LogP contribution >= 0.6 is 11.8 Å². The summed E-state index contributed by atoms with van der Waals surface area (Å²) in [6, 6.07) is 0.148. The highest BCUT2D eigenvalue weighted by Crippen LogP contribution is 2.16. The molecule has 1 unspecified atom stereocenters. The second-order valence-corrected chi connectivity index (χ2v) is 7.65. The van der Waals surface area contributed by atoms with Crippen LogP contribution < -0.4 is 5.32 Å². The van der Waals surface area contributed by atoms with E-state index in [1.807, 2.05) is 19.4 Å². The van der Waals surface area contributed by atoms with Crippen molar-refractivity contribution in [2.24, 2.45) is 7.05 Å². The van der Waals surface area contributed by atoms with Gasteiger partial charge in [-0.2, -0.15) is 5.10 Å². The monoisotopic (exact) mass is 275 g/mol. The number of rotatable bonds is 5. The molecule has 96 valence electrons. The molecule has 0 aliphatic carbocycles. The highest BCUT2D eigenvalue weighted by atomic mass is 32.2. The normalized spacial score (nSPS) is 23.0. The summed E-state index contributed by atoms with van der Waals surface area (Å²) in [4.78, 5) is 1.15. The van der Waals surface area contributed by atoms with E-state index < -0.39 is 9.84 Å². The number of nitrogens with zero attached hydrogens (tertiary/aromatic N) is 2. The molecule has 1 saturated heterocycles. The van der Waals surface area contributed by atoms with Gasteiger partial charge < -0.3 is 5.32 Å². The summed E-state index contributed by atoms with van der Waals surface area (Å²) < 4.78 is 24.3. The molecule has 1 aromatic heterocycles. The number of hydrogen-bond acceptors (Lipinski definition) is 5. The molecule has 1 aromatic rings. The third-order valence-electron chi connectivity index (χ3n) is 2.72. The minimum absolute atomic E-state index is 0.148. The van der Waals surface area contributed by atoms with Crippen LogP contribution in [0.3, 0.4) is 0 Å². The number of aryl methyl sites for hydroxylation is 1. The fourth-order valence-corrected chi connectivity index (χ4v) is 4.37. The average Bonchev–Trinajstić information content (AvgIpc) is 2.80. The van der Waals surface area contributed by atoms with E-state index in [1.54, 1.807) is 16.4 Å². The lowest BCUT2D eigenvalue weighted by atomic mass is 10.3. The van der Waals surface area contributed by atoms with Gasteiger partial charge >= 0.3 is 0 Å². The van der Waals surface area contributed by atoms with Gasteiger partial charge in [-0.3, -0.25) is 4.68 Å². The highest BCUT2D eigenvalue weighted by molar-refractivity contribution is 7.99. The van der Waals surface area contributed by atoms with E-state index in [9.17, 15) is 8.42 Å². The van der Waals surface area contributed by atoms with E-state index >= 15 is 0 Å². The zero-order chi connectivity index (χ0) is 12.3. The van der Waals surface area contributed by atoms with Crippen molar-refractivity contribution < 1.29 is 8.42 Å². The molecule has 0 saturated carbocycles. The molecule has 0 amide bonds. The quantitative estimate of drug-likeness (QED) is 0.618. The predicted molar refractivity (Wildman–Crippen MR) is 69.0 cm³/mol. The molecule has 17 heavy (non-hydrogen) atoms. The smallest absolute Gasteiger partial charge is 0.151 e. The first-order chi connectivity index (χ1) is 8.05. The number of thioether (sulfide) groups is 1. The maximum absolute atomic E-state index is 11.2. The first-order valence-electron chi connectivity index (χ1n) is 5.60. The van der Waals surface area contributed by atoms with E-state index in [2.05, 4.69) is 10.4 Å². The van der Waals surface area contributed by atoms with E-state index in [-0.39, 0.29) is 6.04 Å². The van der Waals surface area contributed by atoms with E-state index in [0.717, 1.165) is 23.6 Å². The van der Waals surface area contributed by atoms with Crippen molar-refractivity contribution in [1.29, 1.82) is 0 Å². The Morgan fingerprint density at radius 1 is 1.65 bits per heavy atom. The van der Waals surface area contributed by atoms with Crippen molar-refractivity contribution in [1.82, 2.24) is 15.1 Å². The number of sulfone groups is 1. The zero-order valence-electron chi connectivity index (χ0n) is 9.80. The summed E-state index contributed by atoms with van der Waals surface area (Å²) in [5.74, 6) is 1.56. The van der Waals surface area contributed by atoms with Crippen LogP contribution in [0.5, 0.6) is 0 Å². The molecule has 1 aliphatic rings. The maximum atomic E-state index is 11.2. The van der Waals surface area contributed by atoms with Crippen molar-refractivity contribution in [3.8, 4) is 0 Å². The molecule has 1 fully saturated rings. The Hall–Kier alpha value is -0.530. The molecule has 1 aliphatic heterocycles. The summed E-state index contributed by atoms with van der Waals surface area (Å²) in [5.41, 5.74) is 0. The average molecular weight is 275 g/mol. The van der Waals surface area contributed by atoms with Gasteiger partial charge in [-0.15, -0.1) is 11.8 Å². The van der Waals surface area contributed by atoms with E-state index in [1.165, 1.54) is 0 Å². The summed E-state index contributed by atoms with van der Waals surface area (Å²) in [5, 5.41) is 7.38. The molecule has 0 radical (unpaired) electrons. The van der Waals surface area contributed by atoms with Crippen LogP contribution in [-0.4, -0.2) is 48.0 Å². The molecular weight excluding hydrogens is 258 g/mol. The summed E-state index contributed by atoms with van der Waals surface area (Å²) in [6.07, 6.45) is 4.56. The maximum Gasteiger partial charge on any atom is 0.151 e. The minimum atomic E-state index is -2.76. The van der Waals surface area contributed by atoms with Crippen molar-refractivity contribution in [3.63, 3.8) is 0 Å². The molecule has 2 heterocycles. The van der Waals surface area contributed by atoms with Gasteiger partial charge in [-0.1, -0.05) is 0 Å². The second-order valence-electron chi connectivity index (χ2n) is 4.25. The Kier molecular flexibility index (Phi) is 4.11. The standard InChI is InChI=1S/C10H17N3O2S2/c1-13-7-10(6-12-13)16-4-3-11-9-2-5-17(14,15)8-9/h6-7,9,11H,2-5,8H2,1H3. The molecule has 7 heteroatoms. The third kappa shape index (κ3) is 4.01. The summed E-state index contributed by atoms with van der Waals surface area (Å²) in [6.45, 7) is 0.833. The van der Waals surface area contributed by atoms with E-state index in [0.29, 0.717) is 11.5 Å². The number of nitrogens with one attached hydrogen (secondary N) is 1. The fourth-order valence-electron chi connectivity index (χ4n) is 1.86. The Balaban J connectivity index is 1.64. The van der Waals surface area contributed by atoms with Gasteiger partial charge in [-0.25, -0.2) is 8.42 Å². The Bertz CT molecular complexity index is 470. The van der Waals surface area contributed by atoms with Gasteiger partial charge in [0, 0.05) is 36.5 Å². The fraction of sp³-hybridized carbons (Fsp3) is 0.700. The molecule has 1 N–H and O–H groups in total. The van der Waals surface area contributed by atoms with Crippen LogP contribution in [0.25, 0.3) is 0 Å². The van der Waals surface area contributed by atoms with Crippen LogP contribution in [0.2, 0.25) is 0 Å². The van der Waals surface area contributed by atoms with Crippen molar-refractivity contribution >= 4 is 21.6 Å². The van der Waals surface area contributed by atoms with Crippen LogP contribution in [0.4, 0.5) is 0 Å². The van der Waals surface area contributed by atoms with Gasteiger partial charge in [0.15, 0.2) is 9.84 Å². The molecule has 0 spiro atoms. The van der Waals surface area contributed by atoms with Crippen LogP contribution in [0, 0.1) is 0 Å². The van der Waals surface area contributed by atoms with Crippen molar-refractivity contribution in [2.45, 2.75) is 17.4 Å². The van der Waals surface area contributed by atoms with Gasteiger partial charge in [-0.05, 0) is 6.42 Å². The first-order valence-corrected chi connectivity index (χ1v) is 8.41. The van der Waals surface area contributed by atoms with Crippen LogP contribution in [0.1, 0.15) is 6.42 Å². The largest absolute Gasteiger partial charge is 0.312 e. The Labute approximate surface area is 106 Å². The topological polar surface area (TPSA) is 64.0 Å². The van der Waals surface area contributed by atoms with E-state index in [4.69, 9.17) is 0 Å². The summed E-state index contributed by atoms with van der Waals surface area (Å²) >= 11 is 1.73. The number of aromatic nitrogens is 2. The third-order valence-corrected chi connectivity index (χ3v) is 5.44. The van der Waals surface area contributed by atoms with Gasteiger partial charge in [0.1, 0.15) is 0 Å². The van der Waals surface area contributed by atoms with Crippen molar-refractivity contribution in [3.05, 3.63) is 12.4 Å².